The molecule has 2 aliphatic rings. The lowest BCUT2D eigenvalue weighted by Crippen LogP contribution is -2.51. The van der Waals surface area contributed by atoms with E-state index in [4.69, 9.17) is 30.3 Å². The molecule has 49 heavy (non-hydrogen) atoms. The van der Waals surface area contributed by atoms with Crippen molar-refractivity contribution < 1.29 is 65.6 Å². The summed E-state index contributed by atoms with van der Waals surface area (Å²) in [6, 6.07) is 17.1. The molecule has 1 unspecified atom stereocenters. The van der Waals surface area contributed by atoms with Crippen LogP contribution < -0.4 is 10.5 Å². The van der Waals surface area contributed by atoms with Gasteiger partial charge in [-0.05, 0) is 56.0 Å². The van der Waals surface area contributed by atoms with Gasteiger partial charge in [-0.25, -0.2) is 9.59 Å². The third-order valence-corrected chi connectivity index (χ3v) is 8.02. The number of aliphatic carboxylic acids is 3. The Kier molecular flexibility index (Phi) is 12.2. The van der Waals surface area contributed by atoms with Gasteiger partial charge in [0.1, 0.15) is 17.9 Å². The van der Waals surface area contributed by atoms with Gasteiger partial charge in [0.25, 0.3) is 0 Å². The van der Waals surface area contributed by atoms with Gasteiger partial charge in [0.15, 0.2) is 0 Å². The van der Waals surface area contributed by atoms with E-state index in [1.165, 1.54) is 0 Å². The first-order chi connectivity index (χ1) is 22.8. The zero-order chi connectivity index (χ0) is 36.7. The maximum atomic E-state index is 13.4. The quantitative estimate of drug-likeness (QED) is 0.243. The number of alkyl halides is 6. The van der Waals surface area contributed by atoms with Crippen LogP contribution in [-0.2, 0) is 31.3 Å². The average Bonchev–Trinajstić information content (AvgIpc) is 3.34. The Balaban J connectivity index is 0.000000392. The van der Waals surface area contributed by atoms with E-state index in [9.17, 15) is 41.0 Å². The van der Waals surface area contributed by atoms with Crippen molar-refractivity contribution in [2.45, 2.75) is 69.6 Å². The van der Waals surface area contributed by atoms with Crippen LogP contribution in [0.3, 0.4) is 0 Å². The second kappa shape index (κ2) is 15.5. The van der Waals surface area contributed by atoms with Crippen LogP contribution in [0.1, 0.15) is 48.9 Å². The van der Waals surface area contributed by atoms with Crippen molar-refractivity contribution in [3.05, 3.63) is 71.4 Å². The molecule has 5 N–H and O–H groups in total. The number of hydrogen-bond acceptors (Lipinski definition) is 7. The summed E-state index contributed by atoms with van der Waals surface area (Å²) >= 11 is 0. The predicted molar refractivity (Wildman–Crippen MR) is 160 cm³/mol. The van der Waals surface area contributed by atoms with Gasteiger partial charge in [-0.3, -0.25) is 14.6 Å². The molecule has 1 aliphatic carbocycles. The monoisotopic (exact) mass is 701 g/mol. The minimum absolute atomic E-state index is 0.178. The highest BCUT2D eigenvalue weighted by molar-refractivity contribution is 5.90. The molecule has 0 bridgehead atoms. The first-order valence-electron chi connectivity index (χ1n) is 14.8. The van der Waals surface area contributed by atoms with Crippen molar-refractivity contribution >= 4 is 34.7 Å². The molecule has 5 rings (SSSR count). The van der Waals surface area contributed by atoms with E-state index in [1.807, 2.05) is 61.5 Å². The molecule has 2 fully saturated rings. The van der Waals surface area contributed by atoms with Crippen LogP contribution in [0.2, 0.25) is 0 Å². The summed E-state index contributed by atoms with van der Waals surface area (Å²) in [4.78, 5) is 49.3. The number of halogens is 6. The van der Waals surface area contributed by atoms with Crippen LogP contribution in [0.25, 0.3) is 10.9 Å². The van der Waals surface area contributed by atoms with Gasteiger partial charge in [0.05, 0.1) is 11.4 Å². The van der Waals surface area contributed by atoms with E-state index in [0.717, 1.165) is 40.6 Å². The van der Waals surface area contributed by atoms with Gasteiger partial charge in [-0.15, -0.1) is 0 Å². The highest BCUT2D eigenvalue weighted by atomic mass is 19.4. The number of fused-ring (bicyclic) bond motifs is 1. The Morgan fingerprint density at radius 2 is 1.49 bits per heavy atom. The number of nitrogens with two attached hydrogens (primary N) is 1. The van der Waals surface area contributed by atoms with Crippen LogP contribution in [-0.4, -0.2) is 74.0 Å². The number of amides is 1. The summed E-state index contributed by atoms with van der Waals surface area (Å²) in [6.45, 7) is 2.86. The van der Waals surface area contributed by atoms with Crippen LogP contribution in [0.4, 0.5) is 26.3 Å². The fourth-order valence-corrected chi connectivity index (χ4v) is 5.64. The highest BCUT2D eigenvalue weighted by Gasteiger charge is 2.49. The van der Waals surface area contributed by atoms with Crippen molar-refractivity contribution in [3.63, 3.8) is 0 Å². The van der Waals surface area contributed by atoms with E-state index in [1.54, 1.807) is 4.90 Å². The number of carboxylic acids is 3. The largest absolute Gasteiger partial charge is 0.490 e. The number of nitrogens with zero attached hydrogens (tertiary/aromatic N) is 2. The molecule has 1 saturated heterocycles. The molecule has 2 aromatic carbocycles. The maximum absolute atomic E-state index is 13.4. The third-order valence-electron chi connectivity index (χ3n) is 8.02. The van der Waals surface area contributed by atoms with Gasteiger partial charge >= 0.3 is 30.3 Å². The highest BCUT2D eigenvalue weighted by Crippen LogP contribution is 2.38. The molecule has 11 nitrogen and oxygen atoms in total. The molecule has 2 heterocycles. The van der Waals surface area contributed by atoms with E-state index < -0.39 is 41.7 Å². The summed E-state index contributed by atoms with van der Waals surface area (Å²) < 4.78 is 69.5. The summed E-state index contributed by atoms with van der Waals surface area (Å²) in [7, 11) is 0. The van der Waals surface area contributed by atoms with Crippen molar-refractivity contribution in [1.82, 2.24) is 9.88 Å². The predicted octanol–water partition coefficient (Wildman–Crippen LogP) is 5.42. The van der Waals surface area contributed by atoms with E-state index >= 15 is 0 Å². The van der Waals surface area contributed by atoms with Crippen molar-refractivity contribution in [3.8, 4) is 5.75 Å². The Morgan fingerprint density at radius 1 is 0.939 bits per heavy atom. The molecule has 1 aliphatic heterocycles. The van der Waals surface area contributed by atoms with E-state index in [0.29, 0.717) is 38.2 Å². The zero-order valence-electron chi connectivity index (χ0n) is 25.9. The zero-order valence-corrected chi connectivity index (χ0v) is 25.9. The molecule has 3 aromatic rings. The van der Waals surface area contributed by atoms with Crippen molar-refractivity contribution in [2.24, 2.45) is 11.7 Å². The second-order valence-electron chi connectivity index (χ2n) is 11.4. The third kappa shape index (κ3) is 9.81. The fraction of sp³-hybridized carbons (Fsp3) is 0.406. The summed E-state index contributed by atoms with van der Waals surface area (Å²) in [6.07, 6.45) is -6.54. The molecule has 266 valence electrons. The average molecular weight is 702 g/mol. The van der Waals surface area contributed by atoms with Crippen LogP contribution in [0.5, 0.6) is 5.75 Å². The minimum Gasteiger partial charge on any atom is -0.489 e. The van der Waals surface area contributed by atoms with Gasteiger partial charge in [-0.1, -0.05) is 43.2 Å². The van der Waals surface area contributed by atoms with Crippen molar-refractivity contribution in [2.75, 3.05) is 6.54 Å². The molecule has 0 spiro atoms. The molecule has 1 saturated carbocycles. The molecule has 0 radical (unpaired) electrons. The van der Waals surface area contributed by atoms with Gasteiger partial charge in [0.2, 0.25) is 5.91 Å². The molecule has 1 amide bonds. The number of aryl methyl sites for hydroxylation is 1. The Hall–Kier alpha value is -4.93. The molecule has 17 heteroatoms. The normalized spacial score (nSPS) is 20.8. The van der Waals surface area contributed by atoms with Crippen LogP contribution in [0.15, 0.2) is 54.6 Å². The van der Waals surface area contributed by atoms with Gasteiger partial charge < -0.3 is 30.7 Å². The number of para-hydroxylation sites is 1. The molecular formula is C32H33F6N3O8. The van der Waals surface area contributed by atoms with Crippen LogP contribution >= 0.6 is 0 Å². The molecular weight excluding hydrogens is 668 g/mol. The lowest BCUT2D eigenvalue weighted by molar-refractivity contribution is -0.193. The number of hydrogen-bond donors (Lipinski definition) is 4. The number of carbonyl (C=O) groups is 4. The SMILES string of the molecule is Cc1cc(COc2ccc(C3(N)CCN([C@@H]4CCCC[C@H]4C(=O)O)C3=O)cc2)c2ccccc2n1.O=C(O)C(F)(F)F.O=C(O)C(F)(F)F. The van der Waals surface area contributed by atoms with Crippen molar-refractivity contribution in [1.29, 1.82) is 0 Å². The second-order valence-corrected chi connectivity index (χ2v) is 11.4. The number of ether oxygens (including phenoxy) is 1. The summed E-state index contributed by atoms with van der Waals surface area (Å²) in [5.74, 6) is -6.34. The standard InChI is InChI=1S/C28H31N3O4.2C2HF3O2/c1-18-16-19(22-6-2-4-8-24(22)30-18)17-35-21-12-10-20(11-13-21)28(29)14-15-31(27(28)34)25-9-5-3-7-23(25)26(32)33;2*3-2(4,5)1(6)7/h2,4,6,8,10-13,16,23,25H,3,5,7,9,14-15,17,29H2,1H3,(H,32,33);2*(H,6,7)/t23-,25-,28?;;/m1../s1. The topological polar surface area (TPSA) is 180 Å². The fourth-order valence-electron chi connectivity index (χ4n) is 5.64. The number of aromatic nitrogens is 1. The van der Waals surface area contributed by atoms with E-state index in [2.05, 4.69) is 4.98 Å². The number of rotatable bonds is 6. The number of benzene rings is 2. The van der Waals surface area contributed by atoms with Crippen LogP contribution in [0, 0.1) is 12.8 Å². The lowest BCUT2D eigenvalue weighted by atomic mass is 9.83. The molecule has 3 atom stereocenters. The summed E-state index contributed by atoms with van der Waals surface area (Å²) in [5.41, 5.74) is 9.18. The number of carboxylic acid groups (broad SMARTS) is 3. The Labute approximate surface area is 275 Å². The summed E-state index contributed by atoms with van der Waals surface area (Å²) in [5, 5.41) is 25.0. The minimum atomic E-state index is -5.08. The molecule has 1 aromatic heterocycles. The van der Waals surface area contributed by atoms with E-state index in [-0.39, 0.29) is 11.9 Å². The number of carbonyl (C=O) groups excluding carboxylic acids is 1. The first kappa shape index (κ1) is 38.5. The number of pyridine rings is 1. The smallest absolute Gasteiger partial charge is 0.489 e. The maximum Gasteiger partial charge on any atom is 0.490 e. The first-order valence-corrected chi connectivity index (χ1v) is 14.8. The van der Waals surface area contributed by atoms with Gasteiger partial charge in [0, 0.05) is 29.2 Å². The Morgan fingerprint density at radius 3 is 2.04 bits per heavy atom. The van der Waals surface area contributed by atoms with Gasteiger partial charge in [-0.2, -0.15) is 26.3 Å². The Bertz CT molecular complexity index is 1640. The lowest BCUT2D eigenvalue weighted by Gasteiger charge is -2.36. The number of likely N-dealkylation sites (tertiary alicyclic amines) is 1.